The Balaban J connectivity index is 1.76. The summed E-state index contributed by atoms with van der Waals surface area (Å²) < 4.78 is 5.63. The molecule has 1 aliphatic rings. The lowest BCUT2D eigenvalue weighted by Gasteiger charge is -2.31. The Morgan fingerprint density at radius 2 is 2.09 bits per heavy atom. The summed E-state index contributed by atoms with van der Waals surface area (Å²) in [4.78, 5) is 13.1. The highest BCUT2D eigenvalue weighted by Crippen LogP contribution is 2.15. The van der Waals surface area contributed by atoms with E-state index in [9.17, 15) is 4.79 Å². The minimum absolute atomic E-state index is 0.0911. The second-order valence-electron chi connectivity index (χ2n) is 5.83. The highest BCUT2D eigenvalue weighted by atomic mass is 16.3. The van der Waals surface area contributed by atoms with Crippen LogP contribution in [0, 0.1) is 0 Å². The number of benzene rings is 1. The molecule has 22 heavy (non-hydrogen) atoms. The van der Waals surface area contributed by atoms with Crippen LogP contribution in [0.3, 0.4) is 0 Å². The van der Waals surface area contributed by atoms with Crippen molar-refractivity contribution in [2.24, 2.45) is 0 Å². The highest BCUT2D eigenvalue weighted by molar-refractivity contribution is 5.75. The molecule has 0 spiro atoms. The predicted octanol–water partition coefficient (Wildman–Crippen LogP) is 1.49. The van der Waals surface area contributed by atoms with Crippen LogP contribution in [0.1, 0.15) is 36.3 Å². The third-order valence-electron chi connectivity index (χ3n) is 4.46. The van der Waals surface area contributed by atoms with E-state index in [1.54, 1.807) is 6.26 Å². The summed E-state index contributed by atoms with van der Waals surface area (Å²) in [7, 11) is 0. The van der Waals surface area contributed by atoms with Gasteiger partial charge in [0.25, 0.3) is 0 Å². The summed E-state index contributed by atoms with van der Waals surface area (Å²) in [6, 6.07) is 12.7. The van der Waals surface area contributed by atoms with E-state index in [-0.39, 0.29) is 11.9 Å². The molecule has 1 aromatic heterocycles. The SMILES string of the molecule is CCC(=O)NC[C@@H](c1ccco1)[NH+]1CCc2ccccc2C1. The zero-order valence-corrected chi connectivity index (χ0v) is 13.0. The van der Waals surface area contributed by atoms with Gasteiger partial charge in [0.2, 0.25) is 5.91 Å². The van der Waals surface area contributed by atoms with Crippen molar-refractivity contribution < 1.29 is 14.1 Å². The molecule has 4 nitrogen and oxygen atoms in total. The first-order chi connectivity index (χ1) is 10.8. The molecule has 2 aromatic rings. The van der Waals surface area contributed by atoms with Crippen LogP contribution in [0.25, 0.3) is 0 Å². The maximum Gasteiger partial charge on any atom is 0.219 e. The molecular weight excluding hydrogens is 276 g/mol. The van der Waals surface area contributed by atoms with Gasteiger partial charge < -0.3 is 14.6 Å². The van der Waals surface area contributed by atoms with Gasteiger partial charge in [0.05, 0.1) is 19.4 Å². The summed E-state index contributed by atoms with van der Waals surface area (Å²) in [5.74, 6) is 1.04. The van der Waals surface area contributed by atoms with Gasteiger partial charge in [-0.3, -0.25) is 4.79 Å². The van der Waals surface area contributed by atoms with E-state index >= 15 is 0 Å². The number of amides is 1. The number of carbonyl (C=O) groups excluding carboxylic acids is 1. The van der Waals surface area contributed by atoms with Crippen molar-refractivity contribution >= 4 is 5.91 Å². The fraction of sp³-hybridized carbons (Fsp3) is 0.389. The molecule has 116 valence electrons. The van der Waals surface area contributed by atoms with Gasteiger partial charge in [-0.15, -0.1) is 0 Å². The van der Waals surface area contributed by atoms with E-state index in [1.807, 2.05) is 19.1 Å². The van der Waals surface area contributed by atoms with Crippen LogP contribution in [0.5, 0.6) is 0 Å². The lowest BCUT2D eigenvalue weighted by molar-refractivity contribution is -0.946. The Bertz CT molecular complexity index is 622. The van der Waals surface area contributed by atoms with Gasteiger partial charge in [-0.1, -0.05) is 31.2 Å². The van der Waals surface area contributed by atoms with Gasteiger partial charge in [0.1, 0.15) is 6.54 Å². The molecule has 0 aliphatic carbocycles. The fourth-order valence-electron chi connectivity index (χ4n) is 3.18. The molecule has 3 rings (SSSR count). The quantitative estimate of drug-likeness (QED) is 0.879. The Kier molecular flexibility index (Phi) is 4.59. The topological polar surface area (TPSA) is 46.7 Å². The third kappa shape index (κ3) is 3.22. The molecule has 0 bridgehead atoms. The molecule has 2 N–H and O–H groups in total. The first-order valence-electron chi connectivity index (χ1n) is 7.99. The van der Waals surface area contributed by atoms with E-state index in [4.69, 9.17) is 4.42 Å². The van der Waals surface area contributed by atoms with Crippen LogP contribution in [-0.2, 0) is 17.8 Å². The molecule has 4 heteroatoms. The molecule has 1 aliphatic heterocycles. The van der Waals surface area contributed by atoms with Crippen LogP contribution in [0.4, 0.5) is 0 Å². The normalized spacial score (nSPS) is 18.5. The maximum atomic E-state index is 11.6. The van der Waals surface area contributed by atoms with Crippen molar-refractivity contribution in [1.82, 2.24) is 5.32 Å². The van der Waals surface area contributed by atoms with Crippen molar-refractivity contribution in [3.63, 3.8) is 0 Å². The molecule has 1 unspecified atom stereocenters. The van der Waals surface area contributed by atoms with Crippen molar-refractivity contribution in [2.45, 2.75) is 32.4 Å². The van der Waals surface area contributed by atoms with E-state index in [0.29, 0.717) is 13.0 Å². The minimum atomic E-state index is 0.0911. The summed E-state index contributed by atoms with van der Waals surface area (Å²) in [6.07, 6.45) is 3.30. The average molecular weight is 299 g/mol. The lowest BCUT2D eigenvalue weighted by atomic mass is 9.98. The van der Waals surface area contributed by atoms with Crippen LogP contribution < -0.4 is 10.2 Å². The summed E-state index contributed by atoms with van der Waals surface area (Å²) in [5, 5.41) is 3.02. The maximum absolute atomic E-state index is 11.6. The van der Waals surface area contributed by atoms with Crippen LogP contribution in [0.15, 0.2) is 47.1 Å². The van der Waals surface area contributed by atoms with Gasteiger partial charge in [-0.2, -0.15) is 0 Å². The van der Waals surface area contributed by atoms with E-state index in [2.05, 4.69) is 29.6 Å². The van der Waals surface area contributed by atoms with Crippen LogP contribution in [-0.4, -0.2) is 19.0 Å². The highest BCUT2D eigenvalue weighted by Gasteiger charge is 2.30. The molecule has 0 fully saturated rings. The molecular formula is C18H23N2O2+. The number of rotatable bonds is 5. The van der Waals surface area contributed by atoms with Gasteiger partial charge in [0.15, 0.2) is 11.8 Å². The molecule has 2 atom stereocenters. The number of nitrogens with one attached hydrogen (secondary N) is 2. The van der Waals surface area contributed by atoms with E-state index < -0.39 is 0 Å². The zero-order valence-electron chi connectivity index (χ0n) is 13.0. The minimum Gasteiger partial charge on any atom is -0.463 e. The number of quaternary nitrogens is 1. The smallest absolute Gasteiger partial charge is 0.219 e. The molecule has 0 saturated carbocycles. The Morgan fingerprint density at radius 1 is 1.27 bits per heavy atom. The van der Waals surface area contributed by atoms with Gasteiger partial charge in [-0.25, -0.2) is 0 Å². The molecule has 1 amide bonds. The Labute approximate surface area is 131 Å². The van der Waals surface area contributed by atoms with E-state index in [0.717, 1.165) is 25.3 Å². The molecule has 0 saturated heterocycles. The Hall–Kier alpha value is -2.07. The zero-order chi connectivity index (χ0) is 15.4. The van der Waals surface area contributed by atoms with Gasteiger partial charge >= 0.3 is 0 Å². The number of hydrogen-bond donors (Lipinski definition) is 2. The second kappa shape index (κ2) is 6.79. The largest absolute Gasteiger partial charge is 0.463 e. The van der Waals surface area contributed by atoms with Crippen molar-refractivity contribution in [3.05, 3.63) is 59.5 Å². The standard InChI is InChI=1S/C18H22N2O2/c1-2-18(21)19-12-16(17-8-5-11-22-17)20-10-9-14-6-3-4-7-15(14)13-20/h3-8,11,16H,2,9-10,12-13H2,1H3,(H,19,21)/p+1/t16-/m0/s1. The summed E-state index contributed by atoms with van der Waals surface area (Å²) in [5.41, 5.74) is 2.85. The predicted molar refractivity (Wildman–Crippen MR) is 84.4 cm³/mol. The number of fused-ring (bicyclic) bond motifs is 1. The van der Waals surface area contributed by atoms with Crippen LogP contribution in [0.2, 0.25) is 0 Å². The first kappa shape index (κ1) is 14.9. The number of furan rings is 1. The van der Waals surface area contributed by atoms with Crippen molar-refractivity contribution in [1.29, 1.82) is 0 Å². The number of carbonyl (C=O) groups is 1. The van der Waals surface area contributed by atoms with E-state index in [1.165, 1.54) is 16.0 Å². The lowest BCUT2D eigenvalue weighted by Crippen LogP contribution is -3.12. The summed E-state index contributed by atoms with van der Waals surface area (Å²) >= 11 is 0. The first-order valence-corrected chi connectivity index (χ1v) is 7.99. The third-order valence-corrected chi connectivity index (χ3v) is 4.46. The van der Waals surface area contributed by atoms with Crippen molar-refractivity contribution in [2.75, 3.05) is 13.1 Å². The molecule has 1 aromatic carbocycles. The second-order valence-corrected chi connectivity index (χ2v) is 5.83. The molecule has 0 radical (unpaired) electrons. The van der Waals surface area contributed by atoms with Gasteiger partial charge in [-0.05, 0) is 17.7 Å². The fourth-order valence-corrected chi connectivity index (χ4v) is 3.18. The number of hydrogen-bond acceptors (Lipinski definition) is 2. The van der Waals surface area contributed by atoms with Gasteiger partial charge in [0, 0.05) is 18.4 Å². The monoisotopic (exact) mass is 299 g/mol. The van der Waals surface area contributed by atoms with Crippen molar-refractivity contribution in [3.8, 4) is 0 Å². The Morgan fingerprint density at radius 3 is 2.82 bits per heavy atom. The summed E-state index contributed by atoms with van der Waals surface area (Å²) in [6.45, 7) is 4.53. The average Bonchev–Trinajstić information content (AvgIpc) is 3.09. The van der Waals surface area contributed by atoms with Crippen LogP contribution >= 0.6 is 0 Å². The molecule has 2 heterocycles.